The van der Waals surface area contributed by atoms with Crippen molar-refractivity contribution in [1.29, 1.82) is 0 Å². The van der Waals surface area contributed by atoms with Crippen LogP contribution in [-0.4, -0.2) is 20.4 Å². The maximum Gasteiger partial charge on any atom is 0.157 e. The van der Waals surface area contributed by atoms with Crippen LogP contribution in [0.3, 0.4) is 0 Å². The first-order valence-corrected chi connectivity index (χ1v) is 8.84. The lowest BCUT2D eigenvalue weighted by Gasteiger charge is -2.35. The SMILES string of the molecule is Cc1cc(O)c(O)cc1C(C)(c1ccc(O)cc1)c1cc(Cl)c(O)cc1C. The summed E-state index contributed by atoms with van der Waals surface area (Å²) in [5, 5.41) is 39.9. The van der Waals surface area contributed by atoms with Crippen LogP contribution in [0.1, 0.15) is 34.7 Å². The molecule has 0 aliphatic carbocycles. The molecule has 0 aliphatic rings. The molecule has 0 heterocycles. The number of phenols is 4. The number of hydrogen-bond acceptors (Lipinski definition) is 4. The summed E-state index contributed by atoms with van der Waals surface area (Å²) >= 11 is 6.21. The third kappa shape index (κ3) is 3.17. The third-order valence-electron chi connectivity index (χ3n) is 5.14. The van der Waals surface area contributed by atoms with E-state index >= 15 is 0 Å². The first kappa shape index (κ1) is 18.9. The molecule has 3 rings (SSSR count). The van der Waals surface area contributed by atoms with Crippen LogP contribution in [0.15, 0.2) is 48.5 Å². The normalized spacial score (nSPS) is 13.3. The van der Waals surface area contributed by atoms with Crippen molar-refractivity contribution < 1.29 is 20.4 Å². The molecular weight excluding hydrogens is 364 g/mol. The van der Waals surface area contributed by atoms with E-state index in [0.29, 0.717) is 0 Å². The average molecular weight is 385 g/mol. The number of benzene rings is 3. The first-order valence-electron chi connectivity index (χ1n) is 8.46. The molecule has 0 aliphatic heterocycles. The molecular formula is C22H21ClO4. The second-order valence-corrected chi connectivity index (χ2v) is 7.35. The van der Waals surface area contributed by atoms with Crippen molar-refractivity contribution in [3.05, 3.63) is 81.4 Å². The number of phenolic OH excluding ortho intramolecular Hbond substituents is 4. The monoisotopic (exact) mass is 384 g/mol. The van der Waals surface area contributed by atoms with Gasteiger partial charge in [0.05, 0.1) is 5.02 Å². The summed E-state index contributed by atoms with van der Waals surface area (Å²) in [4.78, 5) is 0. The number of hydrogen-bond donors (Lipinski definition) is 4. The second kappa shape index (κ2) is 6.71. The van der Waals surface area contributed by atoms with Crippen LogP contribution in [0, 0.1) is 13.8 Å². The van der Waals surface area contributed by atoms with Gasteiger partial charge in [-0.25, -0.2) is 0 Å². The molecule has 0 radical (unpaired) electrons. The Morgan fingerprint density at radius 1 is 0.704 bits per heavy atom. The Kier molecular flexibility index (Phi) is 4.70. The number of aromatic hydroxyl groups is 4. The molecule has 3 aromatic carbocycles. The van der Waals surface area contributed by atoms with Crippen molar-refractivity contribution in [3.63, 3.8) is 0 Å². The van der Waals surface area contributed by atoms with Crippen LogP contribution < -0.4 is 0 Å². The quantitative estimate of drug-likeness (QED) is 0.372. The molecule has 3 aromatic rings. The van der Waals surface area contributed by atoms with Crippen LogP contribution in [-0.2, 0) is 5.41 Å². The van der Waals surface area contributed by atoms with E-state index < -0.39 is 5.41 Å². The predicted molar refractivity (Wildman–Crippen MR) is 106 cm³/mol. The lowest BCUT2D eigenvalue weighted by Crippen LogP contribution is -2.27. The van der Waals surface area contributed by atoms with Crippen molar-refractivity contribution in [1.82, 2.24) is 0 Å². The highest BCUT2D eigenvalue weighted by Crippen LogP contribution is 2.46. The van der Waals surface area contributed by atoms with Gasteiger partial charge < -0.3 is 20.4 Å². The lowest BCUT2D eigenvalue weighted by atomic mass is 9.68. The Labute approximate surface area is 162 Å². The van der Waals surface area contributed by atoms with Gasteiger partial charge in [-0.15, -0.1) is 0 Å². The van der Waals surface area contributed by atoms with Gasteiger partial charge in [-0.05, 0) is 85.0 Å². The van der Waals surface area contributed by atoms with E-state index in [2.05, 4.69) is 0 Å². The maximum atomic E-state index is 10.1. The van der Waals surface area contributed by atoms with Gasteiger partial charge in [-0.2, -0.15) is 0 Å². The van der Waals surface area contributed by atoms with Crippen LogP contribution in [0.5, 0.6) is 23.0 Å². The number of halogens is 1. The van der Waals surface area contributed by atoms with E-state index in [9.17, 15) is 20.4 Å². The van der Waals surface area contributed by atoms with Crippen LogP contribution in [0.25, 0.3) is 0 Å². The smallest absolute Gasteiger partial charge is 0.157 e. The average Bonchev–Trinajstić information content (AvgIpc) is 2.61. The minimum atomic E-state index is -0.760. The molecule has 0 aromatic heterocycles. The summed E-state index contributed by atoms with van der Waals surface area (Å²) < 4.78 is 0. The lowest BCUT2D eigenvalue weighted by molar-refractivity contribution is 0.401. The third-order valence-corrected chi connectivity index (χ3v) is 5.44. The Morgan fingerprint density at radius 2 is 1.19 bits per heavy atom. The number of rotatable bonds is 3. The summed E-state index contributed by atoms with van der Waals surface area (Å²) in [7, 11) is 0. The van der Waals surface area contributed by atoms with Crippen molar-refractivity contribution in [2.75, 3.05) is 0 Å². The molecule has 140 valence electrons. The number of aryl methyl sites for hydroxylation is 2. The van der Waals surface area contributed by atoms with Crippen molar-refractivity contribution in [3.8, 4) is 23.0 Å². The fourth-order valence-electron chi connectivity index (χ4n) is 3.68. The Bertz CT molecular complexity index is 952. The van der Waals surface area contributed by atoms with Crippen LogP contribution >= 0.6 is 11.6 Å². The van der Waals surface area contributed by atoms with E-state index in [1.165, 1.54) is 12.1 Å². The summed E-state index contributed by atoms with van der Waals surface area (Å²) in [6.45, 7) is 5.71. The zero-order valence-electron chi connectivity index (χ0n) is 15.3. The van der Waals surface area contributed by atoms with Crippen molar-refractivity contribution in [2.45, 2.75) is 26.2 Å². The van der Waals surface area contributed by atoms with E-state index in [1.54, 1.807) is 36.4 Å². The molecule has 1 atom stereocenters. The molecule has 0 saturated carbocycles. The highest BCUT2D eigenvalue weighted by molar-refractivity contribution is 6.32. The van der Waals surface area contributed by atoms with Gasteiger partial charge >= 0.3 is 0 Å². The molecule has 4 N–H and O–H groups in total. The van der Waals surface area contributed by atoms with Crippen LogP contribution in [0.2, 0.25) is 5.02 Å². The van der Waals surface area contributed by atoms with Gasteiger partial charge in [0, 0.05) is 5.41 Å². The fourth-order valence-corrected chi connectivity index (χ4v) is 3.84. The highest BCUT2D eigenvalue weighted by atomic mass is 35.5. The Balaban J connectivity index is 2.40. The van der Waals surface area contributed by atoms with Gasteiger partial charge in [0.15, 0.2) is 11.5 Å². The molecule has 0 fully saturated rings. The van der Waals surface area contributed by atoms with Gasteiger partial charge in [0.2, 0.25) is 0 Å². The largest absolute Gasteiger partial charge is 0.508 e. The van der Waals surface area contributed by atoms with Crippen molar-refractivity contribution >= 4 is 11.6 Å². The zero-order valence-corrected chi connectivity index (χ0v) is 16.0. The maximum absolute atomic E-state index is 10.1. The highest BCUT2D eigenvalue weighted by Gasteiger charge is 2.35. The molecule has 1 unspecified atom stereocenters. The van der Waals surface area contributed by atoms with Gasteiger partial charge in [0.1, 0.15) is 11.5 Å². The second-order valence-electron chi connectivity index (χ2n) is 6.95. The standard InChI is InChI=1S/C22H21ClO4/c1-12-8-19(25)18(23)10-16(12)22(3,14-4-6-15(24)7-5-14)17-11-21(27)20(26)9-13(17)2/h4-11,24-27H,1-3H3. The summed E-state index contributed by atoms with van der Waals surface area (Å²) in [6.07, 6.45) is 0. The minimum Gasteiger partial charge on any atom is -0.508 e. The molecule has 0 saturated heterocycles. The minimum absolute atomic E-state index is 0.00347. The van der Waals surface area contributed by atoms with Crippen LogP contribution in [0.4, 0.5) is 0 Å². The van der Waals surface area contributed by atoms with Gasteiger partial charge in [0.25, 0.3) is 0 Å². The van der Waals surface area contributed by atoms with E-state index in [1.807, 2.05) is 20.8 Å². The van der Waals surface area contributed by atoms with Gasteiger partial charge in [-0.3, -0.25) is 0 Å². The summed E-state index contributed by atoms with van der Waals surface area (Å²) in [6, 6.07) is 13.2. The first-order chi connectivity index (χ1) is 12.6. The molecule has 0 amide bonds. The molecule has 4 nitrogen and oxygen atoms in total. The molecule has 5 heteroatoms. The van der Waals surface area contributed by atoms with E-state index in [4.69, 9.17) is 11.6 Å². The molecule has 0 bridgehead atoms. The van der Waals surface area contributed by atoms with Crippen molar-refractivity contribution in [2.24, 2.45) is 0 Å². The Hall–Kier alpha value is -2.85. The molecule has 27 heavy (non-hydrogen) atoms. The zero-order chi connectivity index (χ0) is 19.9. The summed E-state index contributed by atoms with van der Waals surface area (Å²) in [5.41, 5.74) is 3.31. The predicted octanol–water partition coefficient (Wildman–Crippen LogP) is 5.13. The van der Waals surface area contributed by atoms with E-state index in [-0.39, 0.29) is 28.0 Å². The fraction of sp³-hybridized carbons (Fsp3) is 0.182. The Morgan fingerprint density at radius 3 is 1.78 bits per heavy atom. The molecule has 0 spiro atoms. The van der Waals surface area contributed by atoms with Gasteiger partial charge in [-0.1, -0.05) is 23.7 Å². The summed E-state index contributed by atoms with van der Waals surface area (Å²) in [5.74, 6) is -0.268. The van der Waals surface area contributed by atoms with E-state index in [0.717, 1.165) is 27.8 Å². The topological polar surface area (TPSA) is 80.9 Å².